The van der Waals surface area contributed by atoms with E-state index in [1.807, 2.05) is 13.8 Å². The Labute approximate surface area is 131 Å². The Balaban J connectivity index is 1.96. The molecule has 0 saturated carbocycles. The third-order valence-electron chi connectivity index (χ3n) is 3.74. The lowest BCUT2D eigenvalue weighted by Gasteiger charge is -2.35. The van der Waals surface area contributed by atoms with Gasteiger partial charge in [0.2, 0.25) is 5.91 Å². The number of carbonyl (C=O) groups is 1. The fraction of sp³-hybridized carbons (Fsp3) is 0.923. The van der Waals surface area contributed by atoms with Gasteiger partial charge >= 0.3 is 0 Å². The van der Waals surface area contributed by atoms with Gasteiger partial charge in [-0.1, -0.05) is 0 Å². The van der Waals surface area contributed by atoms with Crippen molar-refractivity contribution < 1.29 is 22.7 Å². The molecule has 2 heterocycles. The molecule has 2 aliphatic heterocycles. The fourth-order valence-electron chi connectivity index (χ4n) is 2.73. The lowest BCUT2D eigenvalue weighted by molar-refractivity contribution is -0.136. The van der Waals surface area contributed by atoms with Gasteiger partial charge in [0.05, 0.1) is 31.5 Å². The average molecular weight is 335 g/mol. The van der Waals surface area contributed by atoms with Crippen molar-refractivity contribution in [2.75, 3.05) is 39.4 Å². The number of hydrogen-bond acceptors (Lipinski definition) is 5. The number of nitrogens with one attached hydrogen (secondary N) is 1. The van der Waals surface area contributed by atoms with Gasteiger partial charge < -0.3 is 14.4 Å². The highest BCUT2D eigenvalue weighted by molar-refractivity contribution is 7.87. The third kappa shape index (κ3) is 4.39. The summed E-state index contributed by atoms with van der Waals surface area (Å²) in [7, 11) is -3.71. The zero-order valence-corrected chi connectivity index (χ0v) is 14.1. The number of amides is 1. The molecule has 0 aromatic rings. The Hall–Kier alpha value is -0.740. The zero-order chi connectivity index (χ0) is 16.3. The number of ether oxygens (including phenoxy) is 2. The first-order valence-electron chi connectivity index (χ1n) is 7.59. The van der Waals surface area contributed by atoms with Gasteiger partial charge in [0.25, 0.3) is 10.2 Å². The second kappa shape index (κ2) is 7.22. The Morgan fingerprint density at radius 3 is 2.27 bits per heavy atom. The van der Waals surface area contributed by atoms with E-state index in [-0.39, 0.29) is 31.2 Å². The lowest BCUT2D eigenvalue weighted by Crippen LogP contribution is -2.56. The highest BCUT2D eigenvalue weighted by Gasteiger charge is 2.34. The summed E-state index contributed by atoms with van der Waals surface area (Å²) in [5.41, 5.74) is 0. The maximum Gasteiger partial charge on any atom is 0.280 e. The Kier molecular flexibility index (Phi) is 5.78. The van der Waals surface area contributed by atoms with Gasteiger partial charge in [-0.05, 0) is 20.8 Å². The molecular formula is C13H25N3O5S. The molecule has 0 aromatic heterocycles. The summed E-state index contributed by atoms with van der Waals surface area (Å²) in [5, 5.41) is 0. The van der Waals surface area contributed by atoms with Crippen molar-refractivity contribution in [2.45, 2.75) is 39.0 Å². The molecule has 0 aromatic carbocycles. The van der Waals surface area contributed by atoms with Crippen molar-refractivity contribution in [1.82, 2.24) is 13.9 Å². The first-order valence-corrected chi connectivity index (χ1v) is 9.03. The van der Waals surface area contributed by atoms with E-state index in [4.69, 9.17) is 9.47 Å². The molecule has 3 unspecified atom stereocenters. The van der Waals surface area contributed by atoms with E-state index < -0.39 is 16.3 Å². The average Bonchev–Trinajstić information content (AvgIpc) is 2.46. The van der Waals surface area contributed by atoms with Gasteiger partial charge in [0, 0.05) is 26.2 Å². The minimum absolute atomic E-state index is 0.162. The Morgan fingerprint density at radius 1 is 1.18 bits per heavy atom. The highest BCUT2D eigenvalue weighted by Crippen LogP contribution is 2.14. The molecule has 3 atom stereocenters. The molecule has 2 aliphatic rings. The number of nitrogens with zero attached hydrogens (tertiary/aromatic N) is 2. The van der Waals surface area contributed by atoms with Crippen molar-refractivity contribution in [3.63, 3.8) is 0 Å². The van der Waals surface area contributed by atoms with Gasteiger partial charge in [-0.3, -0.25) is 4.79 Å². The summed E-state index contributed by atoms with van der Waals surface area (Å²) in [6.45, 7) is 7.79. The fourth-order valence-corrected chi connectivity index (χ4v) is 4.24. The third-order valence-corrected chi connectivity index (χ3v) is 5.37. The minimum Gasteiger partial charge on any atom is -0.378 e. The lowest BCUT2D eigenvalue weighted by atomic mass is 10.3. The van der Waals surface area contributed by atoms with Crippen LogP contribution in [0.3, 0.4) is 0 Å². The molecule has 0 bridgehead atoms. The molecule has 0 aliphatic carbocycles. The molecule has 1 amide bonds. The van der Waals surface area contributed by atoms with Crippen LogP contribution in [0, 0.1) is 0 Å². The molecule has 0 radical (unpaired) electrons. The predicted molar refractivity (Wildman–Crippen MR) is 80.5 cm³/mol. The van der Waals surface area contributed by atoms with E-state index in [2.05, 4.69) is 4.72 Å². The van der Waals surface area contributed by atoms with E-state index >= 15 is 0 Å². The summed E-state index contributed by atoms with van der Waals surface area (Å²) in [5.74, 6) is -0.221. The van der Waals surface area contributed by atoms with Crippen molar-refractivity contribution in [2.24, 2.45) is 0 Å². The first kappa shape index (κ1) is 17.6. The van der Waals surface area contributed by atoms with Crippen LogP contribution in [-0.4, -0.2) is 81.2 Å². The predicted octanol–water partition coefficient (Wildman–Crippen LogP) is -0.823. The van der Waals surface area contributed by atoms with Crippen molar-refractivity contribution in [1.29, 1.82) is 0 Å². The largest absolute Gasteiger partial charge is 0.378 e. The second-order valence-electron chi connectivity index (χ2n) is 5.86. The smallest absolute Gasteiger partial charge is 0.280 e. The number of rotatable bonds is 4. The number of morpholine rings is 2. The Morgan fingerprint density at radius 2 is 1.73 bits per heavy atom. The molecule has 1 N–H and O–H groups in total. The van der Waals surface area contributed by atoms with E-state index in [9.17, 15) is 13.2 Å². The molecule has 0 spiro atoms. The summed E-state index contributed by atoms with van der Waals surface area (Å²) >= 11 is 0. The topological polar surface area (TPSA) is 88.2 Å². The molecule has 128 valence electrons. The summed E-state index contributed by atoms with van der Waals surface area (Å²) in [4.78, 5) is 13.9. The van der Waals surface area contributed by atoms with Crippen LogP contribution in [0.2, 0.25) is 0 Å². The van der Waals surface area contributed by atoms with Crippen molar-refractivity contribution in [3.8, 4) is 0 Å². The van der Waals surface area contributed by atoms with Crippen LogP contribution >= 0.6 is 0 Å². The van der Waals surface area contributed by atoms with Crippen LogP contribution in [0.1, 0.15) is 20.8 Å². The highest BCUT2D eigenvalue weighted by atomic mass is 32.2. The quantitative estimate of drug-likeness (QED) is 0.725. The van der Waals surface area contributed by atoms with Gasteiger partial charge in [0.15, 0.2) is 0 Å². The monoisotopic (exact) mass is 335 g/mol. The summed E-state index contributed by atoms with van der Waals surface area (Å²) < 4.78 is 39.4. The number of carbonyl (C=O) groups excluding carboxylic acids is 1. The molecule has 2 fully saturated rings. The van der Waals surface area contributed by atoms with Crippen LogP contribution in [-0.2, 0) is 24.5 Å². The molecule has 8 nitrogen and oxygen atoms in total. The molecular weight excluding hydrogens is 310 g/mol. The van der Waals surface area contributed by atoms with Gasteiger partial charge in [-0.25, -0.2) is 0 Å². The van der Waals surface area contributed by atoms with Crippen LogP contribution in [0.15, 0.2) is 0 Å². The van der Waals surface area contributed by atoms with Crippen LogP contribution in [0.5, 0.6) is 0 Å². The Bertz CT molecular complexity index is 482. The SMILES string of the molecule is CC1CN(S(=O)(=O)NC(C)C(=O)N2CCOCC2)CC(C)O1. The van der Waals surface area contributed by atoms with E-state index in [0.29, 0.717) is 26.3 Å². The summed E-state index contributed by atoms with van der Waals surface area (Å²) in [6, 6.07) is -0.795. The maximum absolute atomic E-state index is 12.4. The molecule has 2 rings (SSSR count). The van der Waals surface area contributed by atoms with Gasteiger partial charge in [0.1, 0.15) is 0 Å². The first-order chi connectivity index (χ1) is 10.3. The molecule has 2 saturated heterocycles. The van der Waals surface area contributed by atoms with Crippen molar-refractivity contribution >= 4 is 16.1 Å². The second-order valence-corrected chi connectivity index (χ2v) is 7.56. The van der Waals surface area contributed by atoms with Crippen molar-refractivity contribution in [3.05, 3.63) is 0 Å². The van der Waals surface area contributed by atoms with Crippen LogP contribution in [0.25, 0.3) is 0 Å². The zero-order valence-electron chi connectivity index (χ0n) is 13.3. The molecule has 9 heteroatoms. The van der Waals surface area contributed by atoms with E-state index in [1.54, 1.807) is 11.8 Å². The maximum atomic E-state index is 12.4. The van der Waals surface area contributed by atoms with Crippen LogP contribution < -0.4 is 4.72 Å². The van der Waals surface area contributed by atoms with Gasteiger partial charge in [-0.2, -0.15) is 17.4 Å². The van der Waals surface area contributed by atoms with Crippen LogP contribution in [0.4, 0.5) is 0 Å². The molecule has 22 heavy (non-hydrogen) atoms. The minimum atomic E-state index is -3.71. The standard InChI is InChI=1S/C13H25N3O5S/c1-10-8-16(9-11(2)21-10)22(18,19)14-12(3)13(17)15-4-6-20-7-5-15/h10-12,14H,4-9H2,1-3H3. The normalized spacial score (nSPS) is 29.3. The van der Waals surface area contributed by atoms with Gasteiger partial charge in [-0.15, -0.1) is 0 Å². The van der Waals surface area contributed by atoms with E-state index in [0.717, 1.165) is 0 Å². The van der Waals surface area contributed by atoms with E-state index in [1.165, 1.54) is 4.31 Å². The number of hydrogen-bond donors (Lipinski definition) is 1. The summed E-state index contributed by atoms with van der Waals surface area (Å²) in [6.07, 6.45) is -0.323.